The van der Waals surface area contributed by atoms with Gasteiger partial charge >= 0.3 is 0 Å². The van der Waals surface area contributed by atoms with Crippen molar-refractivity contribution >= 4 is 33.9 Å². The average Bonchev–Trinajstić information content (AvgIpc) is 2.30. The van der Waals surface area contributed by atoms with Crippen LogP contribution in [0, 0.1) is 14.3 Å². The minimum atomic E-state index is 0.414. The number of nitrogens with zero attached hydrogens (tertiary/aromatic N) is 2. The zero-order valence-electron chi connectivity index (χ0n) is 9.17. The molecule has 0 saturated carbocycles. The van der Waals surface area contributed by atoms with Crippen molar-refractivity contribution in [3.8, 4) is 0 Å². The van der Waals surface area contributed by atoms with Gasteiger partial charge in [-0.3, -0.25) is 0 Å². The Morgan fingerprint density at radius 2 is 2.00 bits per heavy atom. The molecule has 0 fully saturated rings. The summed E-state index contributed by atoms with van der Waals surface area (Å²) >= 11 is 3.93. The van der Waals surface area contributed by atoms with Crippen molar-refractivity contribution in [2.75, 3.05) is 0 Å². The van der Waals surface area contributed by atoms with E-state index >= 15 is 0 Å². The van der Waals surface area contributed by atoms with Crippen LogP contribution in [0.25, 0.3) is 0 Å². The van der Waals surface area contributed by atoms with E-state index in [-0.39, 0.29) is 0 Å². The van der Waals surface area contributed by atoms with E-state index in [0.29, 0.717) is 11.3 Å². The Bertz CT molecular complexity index is 291. The molecule has 0 N–H and O–H groups in total. The van der Waals surface area contributed by atoms with Gasteiger partial charge in [0, 0.05) is 6.42 Å². The third kappa shape index (κ3) is 4.68. The largest absolute Gasteiger partial charge is 0.178 e. The monoisotopic (exact) mass is 324 g/mol. The number of hydrogen-bond donors (Lipinski definition) is 0. The van der Waals surface area contributed by atoms with Crippen molar-refractivity contribution in [3.05, 3.63) is 8.02 Å². The molecule has 1 aromatic rings. The molecule has 1 unspecified atom stereocenters. The van der Waals surface area contributed by atoms with Gasteiger partial charge in [-0.1, -0.05) is 39.0 Å². The number of halogens is 1. The van der Waals surface area contributed by atoms with E-state index in [0.717, 1.165) is 9.44 Å². The van der Waals surface area contributed by atoms with Crippen molar-refractivity contribution in [3.63, 3.8) is 0 Å². The first-order valence-electron chi connectivity index (χ1n) is 4.85. The van der Waals surface area contributed by atoms with Crippen LogP contribution in [-0.2, 0) is 6.42 Å². The highest BCUT2D eigenvalue weighted by molar-refractivity contribution is 14.1. The molecule has 1 aromatic heterocycles. The van der Waals surface area contributed by atoms with Crippen LogP contribution in [0.5, 0.6) is 0 Å². The Balaban J connectivity index is 2.45. The lowest BCUT2D eigenvalue weighted by atomic mass is 9.84. The van der Waals surface area contributed by atoms with Gasteiger partial charge in [0.05, 0.1) is 0 Å². The Morgan fingerprint density at radius 3 is 2.43 bits per heavy atom. The molecule has 0 bridgehead atoms. The molecule has 1 atom stereocenters. The van der Waals surface area contributed by atoms with Crippen LogP contribution < -0.4 is 0 Å². The Labute approximate surface area is 104 Å². The minimum Gasteiger partial charge on any atom is -0.143 e. The normalized spacial score (nSPS) is 14.4. The quantitative estimate of drug-likeness (QED) is 0.791. The Morgan fingerprint density at radius 1 is 1.36 bits per heavy atom. The standard InChI is InChI=1S/C10H17IN2S/c1-7(6-10(2,3)4)5-8-12-13-9(11)14-8/h7H,5-6H2,1-4H3. The molecule has 14 heavy (non-hydrogen) atoms. The summed E-state index contributed by atoms with van der Waals surface area (Å²) in [7, 11) is 0. The summed E-state index contributed by atoms with van der Waals surface area (Å²) in [6.07, 6.45) is 2.31. The van der Waals surface area contributed by atoms with Gasteiger partial charge in [0.2, 0.25) is 0 Å². The molecule has 0 aliphatic heterocycles. The maximum Gasteiger partial charge on any atom is 0.178 e. The summed E-state index contributed by atoms with van der Waals surface area (Å²) in [5.74, 6) is 0.693. The lowest BCUT2D eigenvalue weighted by molar-refractivity contribution is 0.305. The first-order valence-corrected chi connectivity index (χ1v) is 6.74. The second kappa shape index (κ2) is 4.88. The van der Waals surface area contributed by atoms with Crippen LogP contribution in [0.15, 0.2) is 0 Å². The minimum absolute atomic E-state index is 0.414. The van der Waals surface area contributed by atoms with E-state index in [1.54, 1.807) is 11.3 Å². The van der Waals surface area contributed by atoms with Crippen LogP contribution in [0.3, 0.4) is 0 Å². The van der Waals surface area contributed by atoms with Crippen LogP contribution in [0.2, 0.25) is 0 Å². The highest BCUT2D eigenvalue weighted by Gasteiger charge is 2.16. The fourth-order valence-electron chi connectivity index (χ4n) is 1.73. The molecule has 2 nitrogen and oxygen atoms in total. The maximum absolute atomic E-state index is 4.15. The first-order chi connectivity index (χ1) is 6.37. The van der Waals surface area contributed by atoms with Crippen LogP contribution in [-0.4, -0.2) is 10.2 Å². The summed E-state index contributed by atoms with van der Waals surface area (Å²) in [5.41, 5.74) is 0.414. The highest BCUT2D eigenvalue weighted by Crippen LogP contribution is 2.27. The number of hydrogen-bond acceptors (Lipinski definition) is 3. The molecule has 0 saturated heterocycles. The van der Waals surface area contributed by atoms with E-state index in [1.807, 2.05) is 0 Å². The molecule has 0 radical (unpaired) electrons. The van der Waals surface area contributed by atoms with Gasteiger partial charge in [0.1, 0.15) is 5.01 Å². The summed E-state index contributed by atoms with van der Waals surface area (Å²) < 4.78 is 1.04. The first kappa shape index (κ1) is 12.4. The van der Waals surface area contributed by atoms with E-state index in [2.05, 4.69) is 60.5 Å². The molecule has 0 amide bonds. The fourth-order valence-corrected chi connectivity index (χ4v) is 3.33. The fraction of sp³-hybridized carbons (Fsp3) is 0.800. The van der Waals surface area contributed by atoms with Gasteiger partial charge in [0.25, 0.3) is 0 Å². The van der Waals surface area contributed by atoms with E-state index in [4.69, 9.17) is 0 Å². The molecule has 4 heteroatoms. The maximum atomic E-state index is 4.15. The van der Waals surface area contributed by atoms with Gasteiger partial charge in [-0.2, -0.15) is 0 Å². The van der Waals surface area contributed by atoms with E-state index in [9.17, 15) is 0 Å². The SMILES string of the molecule is CC(Cc1nnc(I)s1)CC(C)(C)C. The van der Waals surface area contributed by atoms with Gasteiger partial charge < -0.3 is 0 Å². The summed E-state index contributed by atoms with van der Waals surface area (Å²) in [5, 5.41) is 9.34. The molecular formula is C10H17IN2S. The molecule has 0 aliphatic carbocycles. The molecule has 0 aliphatic rings. The molecule has 1 heterocycles. The van der Waals surface area contributed by atoms with Gasteiger partial charge in [0.15, 0.2) is 3.01 Å². The van der Waals surface area contributed by atoms with Gasteiger partial charge in [-0.25, -0.2) is 0 Å². The van der Waals surface area contributed by atoms with Crippen molar-refractivity contribution in [2.45, 2.75) is 40.5 Å². The van der Waals surface area contributed by atoms with E-state index < -0.39 is 0 Å². The van der Waals surface area contributed by atoms with Crippen molar-refractivity contribution in [1.29, 1.82) is 0 Å². The van der Waals surface area contributed by atoms with Crippen LogP contribution >= 0.6 is 33.9 Å². The summed E-state index contributed by atoms with van der Waals surface area (Å²) in [4.78, 5) is 0. The smallest absolute Gasteiger partial charge is 0.143 e. The van der Waals surface area contributed by atoms with Crippen LogP contribution in [0.4, 0.5) is 0 Å². The highest BCUT2D eigenvalue weighted by atomic mass is 127. The number of rotatable bonds is 3. The Hall–Kier alpha value is 0.290. The van der Waals surface area contributed by atoms with Crippen molar-refractivity contribution in [2.24, 2.45) is 11.3 Å². The van der Waals surface area contributed by atoms with E-state index in [1.165, 1.54) is 11.4 Å². The van der Waals surface area contributed by atoms with Crippen LogP contribution in [0.1, 0.15) is 39.1 Å². The zero-order chi connectivity index (χ0) is 10.8. The average molecular weight is 324 g/mol. The predicted octanol–water partition coefficient (Wildman–Crippen LogP) is 3.76. The van der Waals surface area contributed by atoms with Crippen molar-refractivity contribution < 1.29 is 0 Å². The second-order valence-electron chi connectivity index (χ2n) is 5.02. The van der Waals surface area contributed by atoms with Gasteiger partial charge in [-0.05, 0) is 40.3 Å². The summed E-state index contributed by atoms with van der Waals surface area (Å²) in [6.45, 7) is 9.15. The zero-order valence-corrected chi connectivity index (χ0v) is 12.1. The number of aromatic nitrogens is 2. The lowest BCUT2D eigenvalue weighted by Gasteiger charge is -2.22. The topological polar surface area (TPSA) is 25.8 Å². The third-order valence-corrected chi connectivity index (χ3v) is 3.54. The molecule has 0 spiro atoms. The Kier molecular flexibility index (Phi) is 4.30. The lowest BCUT2D eigenvalue weighted by Crippen LogP contribution is -2.12. The predicted molar refractivity (Wildman–Crippen MR) is 69.6 cm³/mol. The third-order valence-electron chi connectivity index (χ3n) is 1.93. The summed E-state index contributed by atoms with van der Waals surface area (Å²) in [6, 6.07) is 0. The van der Waals surface area contributed by atoms with Gasteiger partial charge in [-0.15, -0.1) is 10.2 Å². The molecule has 0 aromatic carbocycles. The molecular weight excluding hydrogens is 307 g/mol. The molecule has 80 valence electrons. The van der Waals surface area contributed by atoms with Crippen molar-refractivity contribution in [1.82, 2.24) is 10.2 Å². The second-order valence-corrected chi connectivity index (χ2v) is 7.84. The molecule has 1 rings (SSSR count).